The lowest BCUT2D eigenvalue weighted by Gasteiger charge is -2.16. The summed E-state index contributed by atoms with van der Waals surface area (Å²) >= 11 is 4.14. The number of hydrogen-bond donors (Lipinski definition) is 2. The minimum Gasteiger partial charge on any atom is -0.456 e. The third-order valence-corrected chi connectivity index (χ3v) is 3.13. The summed E-state index contributed by atoms with van der Waals surface area (Å²) < 4.78 is 5.01. The van der Waals surface area contributed by atoms with Gasteiger partial charge in [-0.3, -0.25) is 4.79 Å². The zero-order valence-corrected chi connectivity index (χ0v) is 12.8. The Hall–Kier alpha value is -1.49. The molecule has 0 heterocycles. The lowest BCUT2D eigenvalue weighted by Crippen LogP contribution is -2.34. The van der Waals surface area contributed by atoms with Crippen molar-refractivity contribution in [2.45, 2.75) is 32.7 Å². The number of nitrogens with one attached hydrogen (secondary N) is 1. The maximum atomic E-state index is 11.9. The number of rotatable bonds is 8. The quantitative estimate of drug-likeness (QED) is 0.572. The summed E-state index contributed by atoms with van der Waals surface area (Å²) in [4.78, 5) is 23.2. The van der Waals surface area contributed by atoms with Crippen molar-refractivity contribution in [3.05, 3.63) is 29.8 Å². The van der Waals surface area contributed by atoms with Gasteiger partial charge in [0.15, 0.2) is 5.78 Å². The van der Waals surface area contributed by atoms with Crippen LogP contribution in [0.25, 0.3) is 0 Å². The molecule has 1 aromatic carbocycles. The van der Waals surface area contributed by atoms with Crippen molar-refractivity contribution in [2.75, 3.05) is 17.7 Å². The fraction of sp³-hybridized carbons (Fsp3) is 0.467. The van der Waals surface area contributed by atoms with E-state index in [0.29, 0.717) is 12.2 Å². The van der Waals surface area contributed by atoms with Crippen LogP contribution in [-0.4, -0.2) is 30.2 Å². The van der Waals surface area contributed by atoms with E-state index in [-0.39, 0.29) is 12.4 Å². The summed E-state index contributed by atoms with van der Waals surface area (Å²) in [6.07, 6.45) is 1.19. The highest BCUT2D eigenvalue weighted by molar-refractivity contribution is 7.80. The van der Waals surface area contributed by atoms with Crippen LogP contribution >= 0.6 is 12.6 Å². The fourth-order valence-corrected chi connectivity index (χ4v) is 1.87. The van der Waals surface area contributed by atoms with E-state index in [0.717, 1.165) is 17.7 Å². The Morgan fingerprint density at radius 1 is 1.30 bits per heavy atom. The van der Waals surface area contributed by atoms with Crippen molar-refractivity contribution in [3.63, 3.8) is 0 Å². The van der Waals surface area contributed by atoms with Crippen LogP contribution < -0.4 is 5.32 Å². The Bertz CT molecular complexity index is 445. The van der Waals surface area contributed by atoms with Crippen LogP contribution in [0.15, 0.2) is 24.3 Å². The monoisotopic (exact) mass is 295 g/mol. The number of thiol groups is 1. The van der Waals surface area contributed by atoms with Crippen molar-refractivity contribution in [3.8, 4) is 0 Å². The first-order chi connectivity index (χ1) is 9.56. The number of ether oxygens (including phenoxy) is 1. The molecule has 0 spiro atoms. The number of anilines is 1. The van der Waals surface area contributed by atoms with Gasteiger partial charge >= 0.3 is 5.97 Å². The molecule has 110 valence electrons. The predicted octanol–water partition coefficient (Wildman–Crippen LogP) is 2.62. The largest absolute Gasteiger partial charge is 0.456 e. The normalized spacial score (nSPS) is 11.8. The number of hydrogen-bond acceptors (Lipinski definition) is 5. The van der Waals surface area contributed by atoms with Gasteiger partial charge in [0.25, 0.3) is 0 Å². The Labute approximate surface area is 125 Å². The number of ketones is 1. The highest BCUT2D eigenvalue weighted by Gasteiger charge is 2.19. The van der Waals surface area contributed by atoms with Gasteiger partial charge in [-0.25, -0.2) is 4.79 Å². The van der Waals surface area contributed by atoms with E-state index in [4.69, 9.17) is 4.74 Å². The van der Waals surface area contributed by atoms with Crippen LogP contribution in [0.5, 0.6) is 0 Å². The maximum Gasteiger partial charge on any atom is 0.329 e. The van der Waals surface area contributed by atoms with Crippen LogP contribution in [0.3, 0.4) is 0 Å². The van der Waals surface area contributed by atoms with Gasteiger partial charge in [0.05, 0.1) is 0 Å². The molecule has 0 amide bonds. The van der Waals surface area contributed by atoms with Crippen molar-refractivity contribution in [1.29, 1.82) is 0 Å². The molecule has 0 saturated heterocycles. The molecule has 4 nitrogen and oxygen atoms in total. The molecule has 0 aromatic heterocycles. The van der Waals surface area contributed by atoms with E-state index in [9.17, 15) is 9.59 Å². The molecule has 20 heavy (non-hydrogen) atoms. The molecule has 1 rings (SSSR count). The molecule has 0 saturated carbocycles. The lowest BCUT2D eigenvalue weighted by molar-refractivity contribution is -0.148. The molecule has 0 aliphatic carbocycles. The smallest absolute Gasteiger partial charge is 0.329 e. The standard InChI is InChI=1S/C15H21NO3S/c1-3-4-13(17)9-19-15(18)14(10-20)16-12-7-5-11(2)6-8-12/h5-8,14,16,20H,3-4,9-10H2,1-2H3/t14-/m1/s1. The zero-order valence-electron chi connectivity index (χ0n) is 11.9. The van der Waals surface area contributed by atoms with E-state index in [1.165, 1.54) is 0 Å². The first-order valence-electron chi connectivity index (χ1n) is 6.69. The number of carbonyl (C=O) groups is 2. The molecule has 0 unspecified atom stereocenters. The average Bonchev–Trinajstić information content (AvgIpc) is 2.44. The van der Waals surface area contributed by atoms with Crippen molar-refractivity contribution in [2.24, 2.45) is 0 Å². The molecule has 0 aliphatic rings. The molecule has 1 aromatic rings. The van der Waals surface area contributed by atoms with Crippen molar-refractivity contribution < 1.29 is 14.3 Å². The third kappa shape index (κ3) is 5.65. The SMILES string of the molecule is CCCC(=O)COC(=O)[C@@H](CS)Nc1ccc(C)cc1. The second-order valence-corrected chi connectivity index (χ2v) is 5.01. The highest BCUT2D eigenvalue weighted by atomic mass is 32.1. The van der Waals surface area contributed by atoms with E-state index in [1.54, 1.807) is 0 Å². The molecular formula is C15H21NO3S. The van der Waals surface area contributed by atoms with Crippen LogP contribution in [0, 0.1) is 6.92 Å². The number of esters is 1. The molecule has 0 bridgehead atoms. The van der Waals surface area contributed by atoms with Gasteiger partial charge < -0.3 is 10.1 Å². The summed E-state index contributed by atoms with van der Waals surface area (Å²) in [5.41, 5.74) is 1.97. The molecule has 5 heteroatoms. The Kier molecular flexibility index (Phi) is 7.15. The summed E-state index contributed by atoms with van der Waals surface area (Å²) in [6, 6.07) is 7.13. The number of aryl methyl sites for hydroxylation is 1. The van der Waals surface area contributed by atoms with Gasteiger partial charge in [-0.2, -0.15) is 12.6 Å². The Morgan fingerprint density at radius 3 is 2.50 bits per heavy atom. The number of Topliss-reactive ketones (excluding diaryl/α,β-unsaturated/α-hetero) is 1. The van der Waals surface area contributed by atoms with E-state index in [1.807, 2.05) is 38.1 Å². The lowest BCUT2D eigenvalue weighted by atomic mass is 10.2. The molecule has 0 radical (unpaired) electrons. The third-order valence-electron chi connectivity index (χ3n) is 2.76. The zero-order chi connectivity index (χ0) is 15.0. The molecule has 1 N–H and O–H groups in total. The van der Waals surface area contributed by atoms with E-state index < -0.39 is 12.0 Å². The highest BCUT2D eigenvalue weighted by Crippen LogP contribution is 2.11. The van der Waals surface area contributed by atoms with E-state index in [2.05, 4.69) is 17.9 Å². The number of carbonyl (C=O) groups excluding carboxylic acids is 2. The fourth-order valence-electron chi connectivity index (χ4n) is 1.63. The summed E-state index contributed by atoms with van der Waals surface area (Å²) in [5, 5.41) is 3.05. The first kappa shape index (κ1) is 16.6. The van der Waals surface area contributed by atoms with Gasteiger partial charge in [0, 0.05) is 17.9 Å². The van der Waals surface area contributed by atoms with Gasteiger partial charge in [0.1, 0.15) is 12.6 Å². The van der Waals surface area contributed by atoms with E-state index >= 15 is 0 Å². The molecule has 0 aliphatic heterocycles. The van der Waals surface area contributed by atoms with Crippen LogP contribution in [-0.2, 0) is 14.3 Å². The van der Waals surface area contributed by atoms with Crippen LogP contribution in [0.4, 0.5) is 5.69 Å². The Morgan fingerprint density at radius 2 is 1.95 bits per heavy atom. The van der Waals surface area contributed by atoms with Crippen LogP contribution in [0.2, 0.25) is 0 Å². The van der Waals surface area contributed by atoms with Crippen molar-refractivity contribution >= 4 is 30.1 Å². The summed E-state index contributed by atoms with van der Waals surface area (Å²) in [5.74, 6) is -0.214. The second-order valence-electron chi connectivity index (χ2n) is 4.64. The van der Waals surface area contributed by atoms with Gasteiger partial charge in [-0.1, -0.05) is 24.6 Å². The minimum atomic E-state index is -0.560. The average molecular weight is 295 g/mol. The summed E-state index contributed by atoms with van der Waals surface area (Å²) in [7, 11) is 0. The topological polar surface area (TPSA) is 55.4 Å². The predicted molar refractivity (Wildman–Crippen MR) is 83.3 cm³/mol. The Balaban J connectivity index is 2.50. The minimum absolute atomic E-state index is 0.0610. The molecule has 1 atom stereocenters. The first-order valence-corrected chi connectivity index (χ1v) is 7.32. The van der Waals surface area contributed by atoms with Gasteiger partial charge in [0.2, 0.25) is 0 Å². The van der Waals surface area contributed by atoms with Crippen LogP contribution in [0.1, 0.15) is 25.3 Å². The van der Waals surface area contributed by atoms with Gasteiger partial charge in [-0.15, -0.1) is 0 Å². The van der Waals surface area contributed by atoms with Gasteiger partial charge in [-0.05, 0) is 25.5 Å². The number of benzene rings is 1. The molecular weight excluding hydrogens is 274 g/mol. The maximum absolute atomic E-state index is 11.9. The second kappa shape index (κ2) is 8.64. The molecule has 0 fully saturated rings. The summed E-state index contributed by atoms with van der Waals surface area (Å²) in [6.45, 7) is 3.75. The van der Waals surface area contributed by atoms with Crippen molar-refractivity contribution in [1.82, 2.24) is 0 Å².